The Morgan fingerprint density at radius 2 is 2.16 bits per heavy atom. The Morgan fingerprint density at radius 3 is 2.84 bits per heavy atom. The Morgan fingerprint density at radius 1 is 1.37 bits per heavy atom. The van der Waals surface area contributed by atoms with Crippen LogP contribution in [0.3, 0.4) is 0 Å². The quantitative estimate of drug-likeness (QED) is 0.681. The van der Waals surface area contributed by atoms with Gasteiger partial charge in [0.15, 0.2) is 0 Å². The predicted molar refractivity (Wildman–Crippen MR) is 82.5 cm³/mol. The van der Waals surface area contributed by atoms with Crippen molar-refractivity contribution in [3.63, 3.8) is 0 Å². The molecular formula is C15H24BrNO2. The van der Waals surface area contributed by atoms with Gasteiger partial charge in [-0.25, -0.2) is 0 Å². The number of nitrogens with one attached hydrogen (secondary N) is 1. The Labute approximate surface area is 124 Å². The zero-order valence-electron chi connectivity index (χ0n) is 11.8. The molecule has 1 aromatic rings. The lowest BCUT2D eigenvalue weighted by Crippen LogP contribution is -2.20. The van der Waals surface area contributed by atoms with Crippen LogP contribution in [0.15, 0.2) is 22.7 Å². The van der Waals surface area contributed by atoms with Gasteiger partial charge in [0.25, 0.3) is 0 Å². The lowest BCUT2D eigenvalue weighted by atomic mass is 10.2. The third-order valence-electron chi connectivity index (χ3n) is 2.93. The number of ether oxygens (including phenoxy) is 1. The topological polar surface area (TPSA) is 41.5 Å². The summed E-state index contributed by atoms with van der Waals surface area (Å²) in [4.78, 5) is 0. The Bertz CT molecular complexity index is 371. The summed E-state index contributed by atoms with van der Waals surface area (Å²) < 4.78 is 6.79. The second-order valence-electron chi connectivity index (χ2n) is 4.63. The lowest BCUT2D eigenvalue weighted by Gasteiger charge is -2.13. The molecule has 1 rings (SSSR count). The second-order valence-corrected chi connectivity index (χ2v) is 5.54. The highest BCUT2D eigenvalue weighted by Gasteiger charge is 2.05. The maximum atomic E-state index is 9.50. The van der Waals surface area contributed by atoms with Gasteiger partial charge in [0.05, 0.1) is 12.7 Å². The van der Waals surface area contributed by atoms with Crippen LogP contribution in [-0.4, -0.2) is 24.4 Å². The molecule has 0 aliphatic rings. The molecule has 0 heterocycles. The molecule has 0 aliphatic heterocycles. The Balaban J connectivity index is 2.48. The van der Waals surface area contributed by atoms with Crippen LogP contribution in [0, 0.1) is 0 Å². The molecule has 0 amide bonds. The van der Waals surface area contributed by atoms with Crippen LogP contribution in [-0.2, 0) is 6.54 Å². The van der Waals surface area contributed by atoms with Gasteiger partial charge in [-0.3, -0.25) is 0 Å². The van der Waals surface area contributed by atoms with Gasteiger partial charge in [-0.2, -0.15) is 0 Å². The highest BCUT2D eigenvalue weighted by atomic mass is 79.9. The van der Waals surface area contributed by atoms with Gasteiger partial charge in [0.1, 0.15) is 5.75 Å². The number of benzene rings is 1. The minimum absolute atomic E-state index is 0.203. The average molecular weight is 330 g/mol. The molecule has 0 bridgehead atoms. The van der Waals surface area contributed by atoms with Crippen molar-refractivity contribution in [1.82, 2.24) is 5.32 Å². The molecule has 19 heavy (non-hydrogen) atoms. The molecular weight excluding hydrogens is 306 g/mol. The summed E-state index contributed by atoms with van der Waals surface area (Å²) in [6.45, 7) is 6.41. The van der Waals surface area contributed by atoms with Crippen LogP contribution in [0.2, 0.25) is 0 Å². The van der Waals surface area contributed by atoms with Crippen molar-refractivity contribution in [3.8, 4) is 5.75 Å². The van der Waals surface area contributed by atoms with E-state index in [0.29, 0.717) is 0 Å². The zero-order chi connectivity index (χ0) is 14.1. The number of hydrogen-bond donors (Lipinski definition) is 2. The molecule has 108 valence electrons. The van der Waals surface area contributed by atoms with E-state index in [-0.39, 0.29) is 6.10 Å². The molecule has 0 fully saturated rings. The molecule has 3 nitrogen and oxygen atoms in total. The molecule has 0 radical (unpaired) electrons. The zero-order valence-corrected chi connectivity index (χ0v) is 13.4. The molecule has 4 heteroatoms. The molecule has 0 spiro atoms. The molecule has 0 saturated heterocycles. The van der Waals surface area contributed by atoms with E-state index in [2.05, 4.69) is 34.2 Å². The minimum Gasteiger partial charge on any atom is -0.493 e. The first-order valence-corrected chi connectivity index (χ1v) is 7.76. The summed E-state index contributed by atoms with van der Waals surface area (Å²) in [5.74, 6) is 0.939. The van der Waals surface area contributed by atoms with Crippen molar-refractivity contribution in [2.45, 2.75) is 45.8 Å². The van der Waals surface area contributed by atoms with Crippen LogP contribution >= 0.6 is 15.9 Å². The van der Waals surface area contributed by atoms with Gasteiger partial charge < -0.3 is 15.2 Å². The maximum absolute atomic E-state index is 9.50. The molecule has 0 aromatic heterocycles. The third-order valence-corrected chi connectivity index (χ3v) is 3.42. The summed E-state index contributed by atoms with van der Waals surface area (Å²) in [5.41, 5.74) is 1.15. The molecule has 0 aliphatic carbocycles. The molecule has 2 N–H and O–H groups in total. The number of hydrogen-bond acceptors (Lipinski definition) is 3. The second kappa shape index (κ2) is 9.34. The van der Waals surface area contributed by atoms with Crippen LogP contribution in [0.1, 0.15) is 38.7 Å². The summed E-state index contributed by atoms with van der Waals surface area (Å²) in [6.07, 6.45) is 2.40. The first-order chi connectivity index (χ1) is 9.17. The molecule has 0 saturated carbocycles. The number of aliphatic hydroxyl groups excluding tert-OH is 1. The average Bonchev–Trinajstić information content (AvgIpc) is 2.42. The van der Waals surface area contributed by atoms with Crippen LogP contribution in [0.4, 0.5) is 0 Å². The fourth-order valence-electron chi connectivity index (χ4n) is 1.73. The van der Waals surface area contributed by atoms with Crippen molar-refractivity contribution in [2.75, 3.05) is 13.2 Å². The van der Waals surface area contributed by atoms with Crippen molar-refractivity contribution < 1.29 is 9.84 Å². The van der Waals surface area contributed by atoms with Gasteiger partial charge in [0.2, 0.25) is 0 Å². The third kappa shape index (κ3) is 6.41. The van der Waals surface area contributed by atoms with Gasteiger partial charge in [-0.05, 0) is 44.0 Å². The fourth-order valence-corrected chi connectivity index (χ4v) is 2.14. The minimum atomic E-state index is -0.203. The highest BCUT2D eigenvalue weighted by molar-refractivity contribution is 9.10. The van der Waals surface area contributed by atoms with E-state index in [0.717, 1.165) is 54.7 Å². The molecule has 1 atom stereocenters. The largest absolute Gasteiger partial charge is 0.493 e. The van der Waals surface area contributed by atoms with Crippen molar-refractivity contribution in [1.29, 1.82) is 0 Å². The van der Waals surface area contributed by atoms with E-state index in [9.17, 15) is 5.11 Å². The molecule has 1 aromatic carbocycles. The smallest absolute Gasteiger partial charge is 0.123 e. The predicted octanol–water partition coefficient (Wildman–Crippen LogP) is 3.49. The van der Waals surface area contributed by atoms with Crippen LogP contribution < -0.4 is 10.1 Å². The first kappa shape index (κ1) is 16.5. The number of aliphatic hydroxyl groups is 1. The highest BCUT2D eigenvalue weighted by Crippen LogP contribution is 2.23. The van der Waals surface area contributed by atoms with Gasteiger partial charge in [-0.15, -0.1) is 0 Å². The van der Waals surface area contributed by atoms with Gasteiger partial charge in [-0.1, -0.05) is 29.8 Å². The summed E-state index contributed by atoms with van der Waals surface area (Å²) >= 11 is 3.48. The monoisotopic (exact) mass is 329 g/mol. The fraction of sp³-hybridized carbons (Fsp3) is 0.600. The van der Waals surface area contributed by atoms with E-state index in [1.807, 2.05) is 19.1 Å². The lowest BCUT2D eigenvalue weighted by molar-refractivity contribution is 0.159. The standard InChI is InChI=1S/C15H24BrNO2/c1-3-9-19-15-6-5-13(16)10-12(15)11-17-8-7-14(18)4-2/h5-6,10,14,17-18H,3-4,7-9,11H2,1-2H3. The summed E-state index contributed by atoms with van der Waals surface area (Å²) in [7, 11) is 0. The Hall–Kier alpha value is -0.580. The van der Waals surface area contributed by atoms with Crippen molar-refractivity contribution >= 4 is 15.9 Å². The Kier molecular flexibility index (Phi) is 8.10. The van der Waals surface area contributed by atoms with Gasteiger partial charge >= 0.3 is 0 Å². The first-order valence-electron chi connectivity index (χ1n) is 6.97. The van der Waals surface area contributed by atoms with Crippen molar-refractivity contribution in [3.05, 3.63) is 28.2 Å². The van der Waals surface area contributed by atoms with E-state index in [1.54, 1.807) is 0 Å². The summed E-state index contributed by atoms with van der Waals surface area (Å²) in [6, 6.07) is 6.07. The SMILES string of the molecule is CCCOc1ccc(Br)cc1CNCCC(O)CC. The van der Waals surface area contributed by atoms with Crippen molar-refractivity contribution in [2.24, 2.45) is 0 Å². The van der Waals surface area contributed by atoms with E-state index in [4.69, 9.17) is 4.74 Å². The van der Waals surface area contributed by atoms with Crippen LogP contribution in [0.5, 0.6) is 5.75 Å². The van der Waals surface area contributed by atoms with E-state index < -0.39 is 0 Å². The number of halogens is 1. The van der Waals surface area contributed by atoms with E-state index in [1.165, 1.54) is 0 Å². The van der Waals surface area contributed by atoms with E-state index >= 15 is 0 Å². The molecule has 1 unspecified atom stereocenters. The number of rotatable bonds is 9. The van der Waals surface area contributed by atoms with Crippen LogP contribution in [0.25, 0.3) is 0 Å². The normalized spacial score (nSPS) is 12.4. The van der Waals surface area contributed by atoms with Gasteiger partial charge in [0, 0.05) is 16.6 Å². The maximum Gasteiger partial charge on any atom is 0.123 e. The summed E-state index contributed by atoms with van der Waals surface area (Å²) in [5, 5.41) is 12.8.